The van der Waals surface area contributed by atoms with E-state index in [0.717, 1.165) is 6.07 Å². The Morgan fingerprint density at radius 2 is 1.41 bits per heavy atom. The van der Waals surface area contributed by atoms with Gasteiger partial charge in [-0.3, -0.25) is 9.78 Å². The lowest BCUT2D eigenvalue weighted by Gasteiger charge is -1.89. The van der Waals surface area contributed by atoms with Gasteiger partial charge in [-0.05, 0) is 0 Å². The van der Waals surface area contributed by atoms with Crippen LogP contribution in [0.4, 0.5) is 0 Å². The average Bonchev–Trinajstić information content (AvgIpc) is 2.16. The van der Waals surface area contributed by atoms with Crippen molar-refractivity contribution >= 4 is 17.9 Å². The molecule has 0 atom stereocenters. The summed E-state index contributed by atoms with van der Waals surface area (Å²) in [5, 5.41) is 23.1. The molecule has 0 radical (unpaired) electrons. The van der Waals surface area contributed by atoms with Gasteiger partial charge in [-0.1, -0.05) is 0 Å². The maximum atomic E-state index is 10.5. The number of carboxylic acid groups (broad SMARTS) is 3. The number of nitrogens with one attached hydrogen (secondary N) is 2. The van der Waals surface area contributed by atoms with Gasteiger partial charge in [0, 0.05) is 6.07 Å². The average molecular weight is 246 g/mol. The minimum Gasteiger partial charge on any atom is -0.477 e. The molecule has 0 aliphatic carbocycles. The zero-order chi connectivity index (χ0) is 13.6. The second-order valence-electron chi connectivity index (χ2n) is 2.42. The van der Waals surface area contributed by atoms with Crippen LogP contribution in [0.5, 0.6) is 0 Å². The van der Waals surface area contributed by atoms with Crippen LogP contribution in [0.3, 0.4) is 0 Å². The lowest BCUT2D eigenvalue weighted by atomic mass is 10.4. The molecule has 17 heavy (non-hydrogen) atoms. The lowest BCUT2D eigenvalue weighted by Crippen LogP contribution is -2.24. The van der Waals surface area contributed by atoms with Gasteiger partial charge in [-0.2, -0.15) is 0 Å². The molecule has 0 saturated carbocycles. The standard InChI is InChI=1S/C5H4N2O4.C2H2O4/c8-3-1-2(4(9)10)6-5(11)7-3;3-1(4)2(5)6/h1H,(H,9,10)(H2,6,7,8,11);(H,3,4)(H,5,6). The molecule has 0 unspecified atom stereocenters. The number of H-pyrrole nitrogens is 2. The minimum absolute atomic E-state index is 0.418. The van der Waals surface area contributed by atoms with Crippen LogP contribution in [0.15, 0.2) is 15.7 Å². The summed E-state index contributed by atoms with van der Waals surface area (Å²) >= 11 is 0. The highest BCUT2D eigenvalue weighted by atomic mass is 16.4. The van der Waals surface area contributed by atoms with Gasteiger partial charge in [0.1, 0.15) is 5.69 Å². The van der Waals surface area contributed by atoms with Gasteiger partial charge in [0.15, 0.2) is 0 Å². The summed E-state index contributed by atoms with van der Waals surface area (Å²) in [6.07, 6.45) is 0. The van der Waals surface area contributed by atoms with Crippen LogP contribution in [0, 0.1) is 0 Å². The molecule has 10 nitrogen and oxygen atoms in total. The topological polar surface area (TPSA) is 178 Å². The monoisotopic (exact) mass is 246 g/mol. The quantitative estimate of drug-likeness (QED) is 0.350. The molecule has 0 aromatic carbocycles. The summed E-state index contributed by atoms with van der Waals surface area (Å²) in [5.41, 5.74) is -1.97. The molecule has 92 valence electrons. The van der Waals surface area contributed by atoms with Crippen LogP contribution in [0.1, 0.15) is 10.5 Å². The van der Waals surface area contributed by atoms with E-state index in [4.69, 9.17) is 24.9 Å². The molecule has 1 aromatic heterocycles. The fourth-order valence-electron chi connectivity index (χ4n) is 0.584. The zero-order valence-electron chi connectivity index (χ0n) is 7.96. The van der Waals surface area contributed by atoms with Crippen molar-refractivity contribution < 1.29 is 29.7 Å². The normalized spacial score (nSPS) is 8.71. The van der Waals surface area contributed by atoms with E-state index in [1.807, 2.05) is 9.97 Å². The van der Waals surface area contributed by atoms with E-state index in [0.29, 0.717) is 0 Å². The third-order valence-corrected chi connectivity index (χ3v) is 1.17. The number of carboxylic acids is 3. The number of aliphatic carboxylic acids is 2. The van der Waals surface area contributed by atoms with E-state index >= 15 is 0 Å². The Hall–Kier alpha value is -2.91. The maximum Gasteiger partial charge on any atom is 0.414 e. The van der Waals surface area contributed by atoms with Crippen LogP contribution in [-0.2, 0) is 9.59 Å². The third kappa shape index (κ3) is 5.51. The molecule has 0 spiro atoms. The molecule has 1 aromatic rings. The summed E-state index contributed by atoms with van der Waals surface area (Å²) in [6.45, 7) is 0. The van der Waals surface area contributed by atoms with Crippen LogP contribution in [0.25, 0.3) is 0 Å². The van der Waals surface area contributed by atoms with Gasteiger partial charge in [0.05, 0.1) is 0 Å². The Morgan fingerprint density at radius 3 is 1.71 bits per heavy atom. The van der Waals surface area contributed by atoms with Gasteiger partial charge in [0.25, 0.3) is 5.56 Å². The van der Waals surface area contributed by atoms with Crippen molar-refractivity contribution in [2.24, 2.45) is 0 Å². The number of hydrogen-bond acceptors (Lipinski definition) is 5. The number of carbonyl (C=O) groups is 3. The van der Waals surface area contributed by atoms with Crippen molar-refractivity contribution in [1.82, 2.24) is 9.97 Å². The van der Waals surface area contributed by atoms with Gasteiger partial charge in [0.2, 0.25) is 0 Å². The second kappa shape index (κ2) is 5.85. The van der Waals surface area contributed by atoms with Crippen LogP contribution in [0.2, 0.25) is 0 Å². The summed E-state index contributed by atoms with van der Waals surface area (Å²) in [6, 6.07) is 0.795. The Kier molecular flexibility index (Phi) is 4.85. The van der Waals surface area contributed by atoms with Crippen LogP contribution in [-0.4, -0.2) is 43.2 Å². The fourth-order valence-corrected chi connectivity index (χ4v) is 0.584. The molecular weight excluding hydrogens is 240 g/mol. The molecule has 0 bridgehead atoms. The largest absolute Gasteiger partial charge is 0.477 e. The van der Waals surface area contributed by atoms with Crippen LogP contribution >= 0.6 is 0 Å². The molecule has 0 saturated heterocycles. The third-order valence-electron chi connectivity index (χ3n) is 1.17. The molecule has 10 heteroatoms. The van der Waals surface area contributed by atoms with Crippen molar-refractivity contribution in [2.75, 3.05) is 0 Å². The Morgan fingerprint density at radius 1 is 0.941 bits per heavy atom. The lowest BCUT2D eigenvalue weighted by molar-refractivity contribution is -0.159. The van der Waals surface area contributed by atoms with Gasteiger partial charge in [-0.15, -0.1) is 0 Å². The molecule has 0 fully saturated rings. The second-order valence-corrected chi connectivity index (χ2v) is 2.42. The van der Waals surface area contributed by atoms with Crippen LogP contribution < -0.4 is 11.2 Å². The number of aromatic nitrogens is 2. The van der Waals surface area contributed by atoms with Crippen molar-refractivity contribution in [3.63, 3.8) is 0 Å². The molecule has 1 heterocycles. The van der Waals surface area contributed by atoms with Crippen molar-refractivity contribution in [3.05, 3.63) is 32.6 Å². The first-order valence-corrected chi connectivity index (χ1v) is 3.77. The van der Waals surface area contributed by atoms with E-state index in [2.05, 4.69) is 0 Å². The fraction of sp³-hybridized carbons (Fsp3) is 0. The van der Waals surface area contributed by atoms with Gasteiger partial charge in [-0.25, -0.2) is 19.2 Å². The summed E-state index contributed by atoms with van der Waals surface area (Å²) in [7, 11) is 0. The van der Waals surface area contributed by atoms with Gasteiger partial charge < -0.3 is 20.3 Å². The Balaban J connectivity index is 0.000000366. The van der Waals surface area contributed by atoms with Crippen molar-refractivity contribution in [2.45, 2.75) is 0 Å². The number of hydrogen-bond donors (Lipinski definition) is 5. The number of rotatable bonds is 1. The number of aromatic amines is 2. The summed E-state index contributed by atoms with van der Waals surface area (Å²) in [5.74, 6) is -4.99. The smallest absolute Gasteiger partial charge is 0.414 e. The number of aromatic carboxylic acids is 1. The summed E-state index contributed by atoms with van der Waals surface area (Å²) < 4.78 is 0. The van der Waals surface area contributed by atoms with E-state index in [1.165, 1.54) is 0 Å². The minimum atomic E-state index is -1.82. The predicted molar refractivity (Wildman–Crippen MR) is 49.9 cm³/mol. The van der Waals surface area contributed by atoms with E-state index in [-0.39, 0.29) is 0 Å². The SMILES string of the molecule is O=C(O)C(=O)O.O=C(O)c1cc(=O)[nH]c(=O)[nH]1. The molecule has 0 aliphatic heterocycles. The highest BCUT2D eigenvalue weighted by Crippen LogP contribution is 1.81. The first-order chi connectivity index (χ1) is 7.73. The van der Waals surface area contributed by atoms with Gasteiger partial charge >= 0.3 is 23.6 Å². The first-order valence-electron chi connectivity index (χ1n) is 3.77. The Bertz CT molecular complexity index is 513. The molecule has 1 rings (SSSR count). The molecular formula is C7H6N2O8. The van der Waals surface area contributed by atoms with E-state index in [1.54, 1.807) is 0 Å². The van der Waals surface area contributed by atoms with E-state index < -0.39 is 34.9 Å². The summed E-state index contributed by atoms with van der Waals surface area (Å²) in [4.78, 5) is 53.1. The predicted octanol–water partition coefficient (Wildman–Crippen LogP) is -2.08. The van der Waals surface area contributed by atoms with Crippen molar-refractivity contribution in [3.8, 4) is 0 Å². The highest BCUT2D eigenvalue weighted by Gasteiger charge is 2.04. The molecule has 5 N–H and O–H groups in total. The maximum absolute atomic E-state index is 10.5. The zero-order valence-corrected chi connectivity index (χ0v) is 7.96. The first kappa shape index (κ1) is 14.1. The van der Waals surface area contributed by atoms with Crippen molar-refractivity contribution in [1.29, 1.82) is 0 Å². The molecule has 0 amide bonds. The Labute approximate surface area is 91.2 Å². The molecule has 0 aliphatic rings. The highest BCUT2D eigenvalue weighted by molar-refractivity contribution is 6.27. The van der Waals surface area contributed by atoms with E-state index in [9.17, 15) is 14.4 Å².